The van der Waals surface area contributed by atoms with Crippen LogP contribution in [0.3, 0.4) is 0 Å². The smallest absolute Gasteiger partial charge is 0.261 e. The molecule has 1 heterocycles. The Kier molecular flexibility index (Phi) is 8.45. The minimum absolute atomic E-state index is 0.0616. The Morgan fingerprint density at radius 1 is 0.811 bits per heavy atom. The first-order valence-corrected chi connectivity index (χ1v) is 15.3. The third-order valence-electron chi connectivity index (χ3n) is 6.06. The summed E-state index contributed by atoms with van der Waals surface area (Å²) in [7, 11) is -7.43. The van der Waals surface area contributed by atoms with Gasteiger partial charge in [-0.15, -0.1) is 0 Å². The van der Waals surface area contributed by atoms with Gasteiger partial charge in [-0.25, -0.2) is 21.1 Å². The van der Waals surface area contributed by atoms with Crippen LogP contribution in [0.25, 0.3) is 0 Å². The van der Waals surface area contributed by atoms with E-state index in [9.17, 15) is 21.6 Å². The van der Waals surface area contributed by atoms with Gasteiger partial charge in [-0.3, -0.25) is 9.52 Å². The minimum Gasteiger partial charge on any atom is -0.326 e. The van der Waals surface area contributed by atoms with E-state index >= 15 is 0 Å². The Labute approximate surface area is 226 Å². The zero-order valence-corrected chi connectivity index (χ0v) is 22.7. The molecular weight excluding hydrogens is 557 g/mol. The second kappa shape index (κ2) is 11.4. The van der Waals surface area contributed by atoms with Crippen LogP contribution in [0.5, 0.6) is 0 Å². The van der Waals surface area contributed by atoms with E-state index in [1.54, 1.807) is 48.5 Å². The van der Waals surface area contributed by atoms with Gasteiger partial charge >= 0.3 is 0 Å². The number of rotatable bonds is 8. The lowest BCUT2D eigenvalue weighted by Gasteiger charge is -2.30. The largest absolute Gasteiger partial charge is 0.326 e. The molecule has 0 atom stereocenters. The third-order valence-corrected chi connectivity index (χ3v) is 9.98. The van der Waals surface area contributed by atoms with Crippen molar-refractivity contribution in [2.24, 2.45) is 5.92 Å². The summed E-state index contributed by atoms with van der Waals surface area (Å²) in [4.78, 5) is 12.8. The molecule has 0 spiro atoms. The highest BCUT2D eigenvalue weighted by atomic mass is 35.5. The quantitative estimate of drug-likeness (QED) is 0.389. The minimum atomic E-state index is -3.77. The van der Waals surface area contributed by atoms with Crippen molar-refractivity contribution in [3.8, 4) is 0 Å². The number of amides is 1. The third kappa shape index (κ3) is 6.82. The average molecular weight is 583 g/mol. The highest BCUT2D eigenvalue weighted by Crippen LogP contribution is 2.29. The summed E-state index contributed by atoms with van der Waals surface area (Å²) in [5.74, 6) is -0.931. The summed E-state index contributed by atoms with van der Waals surface area (Å²) >= 11 is 12.3. The molecule has 0 unspecified atom stereocenters. The highest BCUT2D eigenvalue weighted by molar-refractivity contribution is 7.92. The van der Waals surface area contributed by atoms with Crippen molar-refractivity contribution in [2.45, 2.75) is 23.5 Å². The maximum Gasteiger partial charge on any atom is 0.261 e. The maximum absolute atomic E-state index is 12.9. The molecule has 2 N–H and O–H groups in total. The Morgan fingerprint density at radius 2 is 1.41 bits per heavy atom. The van der Waals surface area contributed by atoms with Crippen LogP contribution in [0.1, 0.15) is 18.4 Å². The molecule has 3 aromatic carbocycles. The fourth-order valence-electron chi connectivity index (χ4n) is 4.02. The number of halogens is 2. The number of carbonyl (C=O) groups excluding carboxylic acids is 1. The van der Waals surface area contributed by atoms with Crippen molar-refractivity contribution in [1.82, 2.24) is 4.31 Å². The number of benzene rings is 3. The second-order valence-corrected chi connectivity index (χ2v) is 13.1. The van der Waals surface area contributed by atoms with Crippen molar-refractivity contribution in [1.29, 1.82) is 0 Å². The fourth-order valence-corrected chi connectivity index (χ4v) is 7.40. The van der Waals surface area contributed by atoms with Crippen LogP contribution in [0.15, 0.2) is 77.7 Å². The van der Waals surface area contributed by atoms with E-state index < -0.39 is 20.0 Å². The molecule has 1 aliphatic rings. The Hall–Kier alpha value is -2.63. The predicted octanol–water partition coefficient (Wildman–Crippen LogP) is 4.97. The number of carbonyl (C=O) groups is 1. The molecular formula is C25H25Cl2N3O5S2. The van der Waals surface area contributed by atoms with E-state index in [0.717, 1.165) is 0 Å². The van der Waals surface area contributed by atoms with E-state index in [4.69, 9.17) is 23.2 Å². The molecule has 0 radical (unpaired) electrons. The van der Waals surface area contributed by atoms with Gasteiger partial charge in [0.2, 0.25) is 15.9 Å². The molecule has 1 saturated heterocycles. The van der Waals surface area contributed by atoms with Gasteiger partial charge in [0.15, 0.2) is 0 Å². The van der Waals surface area contributed by atoms with E-state index in [1.807, 2.05) is 0 Å². The van der Waals surface area contributed by atoms with Gasteiger partial charge in [-0.1, -0.05) is 47.5 Å². The number of hydrogen-bond acceptors (Lipinski definition) is 5. The summed E-state index contributed by atoms with van der Waals surface area (Å²) in [6, 6.07) is 19.2. The van der Waals surface area contributed by atoms with Gasteiger partial charge in [0.05, 0.1) is 10.6 Å². The highest BCUT2D eigenvalue weighted by Gasteiger charge is 2.32. The summed E-state index contributed by atoms with van der Waals surface area (Å²) in [6.45, 7) is 0.398. The van der Waals surface area contributed by atoms with Crippen molar-refractivity contribution in [3.05, 3.63) is 88.4 Å². The van der Waals surface area contributed by atoms with E-state index in [0.29, 0.717) is 39.8 Å². The van der Waals surface area contributed by atoms with E-state index in [2.05, 4.69) is 10.0 Å². The molecule has 8 nitrogen and oxygen atoms in total. The number of piperidine rings is 1. The first-order chi connectivity index (χ1) is 17.5. The molecule has 1 aliphatic heterocycles. The lowest BCUT2D eigenvalue weighted by molar-refractivity contribution is -0.120. The predicted molar refractivity (Wildman–Crippen MR) is 146 cm³/mol. The first kappa shape index (κ1) is 27.4. The van der Waals surface area contributed by atoms with Crippen molar-refractivity contribution >= 4 is 60.5 Å². The van der Waals surface area contributed by atoms with Crippen LogP contribution in [0.2, 0.25) is 10.0 Å². The van der Waals surface area contributed by atoms with Crippen molar-refractivity contribution in [3.63, 3.8) is 0 Å². The Morgan fingerprint density at radius 3 is 2.00 bits per heavy atom. The lowest BCUT2D eigenvalue weighted by atomic mass is 9.97. The molecule has 37 heavy (non-hydrogen) atoms. The number of nitrogens with one attached hydrogen (secondary N) is 2. The topological polar surface area (TPSA) is 113 Å². The van der Waals surface area contributed by atoms with Crippen LogP contribution < -0.4 is 10.0 Å². The van der Waals surface area contributed by atoms with Gasteiger partial charge in [0.25, 0.3) is 10.0 Å². The van der Waals surface area contributed by atoms with Gasteiger partial charge in [0.1, 0.15) is 0 Å². The van der Waals surface area contributed by atoms with Crippen LogP contribution in [-0.4, -0.2) is 40.1 Å². The maximum atomic E-state index is 12.9. The molecule has 4 rings (SSSR count). The number of para-hydroxylation sites is 1. The summed E-state index contributed by atoms with van der Waals surface area (Å²) < 4.78 is 54.8. The molecule has 0 aromatic heterocycles. The number of nitrogens with zero attached hydrogens (tertiary/aromatic N) is 1. The molecule has 0 saturated carbocycles. The van der Waals surface area contributed by atoms with Crippen LogP contribution >= 0.6 is 23.2 Å². The monoisotopic (exact) mass is 581 g/mol. The van der Waals surface area contributed by atoms with Gasteiger partial charge < -0.3 is 5.32 Å². The molecule has 1 amide bonds. The summed E-state index contributed by atoms with van der Waals surface area (Å²) in [6.07, 6.45) is 0.712. The van der Waals surface area contributed by atoms with Gasteiger partial charge in [-0.05, 0) is 61.4 Å². The van der Waals surface area contributed by atoms with E-state index in [1.165, 1.54) is 28.6 Å². The normalized spacial score (nSPS) is 15.3. The number of hydrogen-bond donors (Lipinski definition) is 2. The number of sulfonamides is 2. The summed E-state index contributed by atoms with van der Waals surface area (Å²) in [5, 5.41) is 3.37. The van der Waals surface area contributed by atoms with Crippen LogP contribution in [0, 0.1) is 5.92 Å². The lowest BCUT2D eigenvalue weighted by Crippen LogP contribution is -2.42. The van der Waals surface area contributed by atoms with Gasteiger partial charge in [0, 0.05) is 46.0 Å². The number of anilines is 2. The first-order valence-electron chi connectivity index (χ1n) is 11.4. The fraction of sp³-hybridized carbons (Fsp3) is 0.240. The summed E-state index contributed by atoms with van der Waals surface area (Å²) in [5.41, 5.74) is 1.26. The van der Waals surface area contributed by atoms with Crippen molar-refractivity contribution < 1.29 is 21.6 Å². The molecule has 196 valence electrons. The molecule has 12 heteroatoms. The molecule has 1 fully saturated rings. The standard InChI is InChI=1S/C25H25Cl2N3O5S2/c26-23-7-4-8-24(27)22(23)17-36(32,33)30-15-13-18(14-16-30)25(31)28-19-9-11-21(12-10-19)37(34,35)29-20-5-2-1-3-6-20/h1-12,18,29H,13-17H2,(H,28,31). The van der Waals surface area contributed by atoms with E-state index in [-0.39, 0.29) is 35.6 Å². The van der Waals surface area contributed by atoms with Crippen molar-refractivity contribution in [2.75, 3.05) is 23.1 Å². The zero-order chi connectivity index (χ0) is 26.6. The molecule has 0 aliphatic carbocycles. The Balaban J connectivity index is 1.32. The Bertz CT molecular complexity index is 1450. The molecule has 0 bridgehead atoms. The van der Waals surface area contributed by atoms with Gasteiger partial charge in [-0.2, -0.15) is 0 Å². The van der Waals surface area contributed by atoms with Crippen LogP contribution in [0.4, 0.5) is 11.4 Å². The SMILES string of the molecule is O=C(Nc1ccc(S(=O)(=O)Nc2ccccc2)cc1)C1CCN(S(=O)(=O)Cc2c(Cl)cccc2Cl)CC1. The van der Waals surface area contributed by atoms with Crippen LogP contribution in [-0.2, 0) is 30.6 Å². The average Bonchev–Trinajstić information content (AvgIpc) is 2.87. The second-order valence-electron chi connectivity index (χ2n) is 8.61. The zero-order valence-electron chi connectivity index (χ0n) is 19.6. The molecule has 3 aromatic rings.